The molecule has 0 aliphatic heterocycles. The first-order valence-electron chi connectivity index (χ1n) is 19.9. The summed E-state index contributed by atoms with van der Waals surface area (Å²) in [6.07, 6.45) is -50.0. The molecule has 0 N–H and O–H groups in total. The Hall–Kier alpha value is -0.483. The number of unbranched alkanes of at least 4 members (excludes halogenated alkanes) is 12. The van der Waals surface area contributed by atoms with Crippen LogP contribution in [0.1, 0.15) is 129 Å². The van der Waals surface area contributed by atoms with E-state index in [1.807, 2.05) is 0 Å². The molecule has 0 spiro atoms. The van der Waals surface area contributed by atoms with Gasteiger partial charge in [0.2, 0.25) is 0 Å². The van der Waals surface area contributed by atoms with E-state index in [-0.39, 0.29) is 38.5 Å². The number of halogens is 28. The van der Waals surface area contributed by atoms with Crippen LogP contribution in [0.4, 0.5) is 123 Å². The molecule has 404 valence electrons. The van der Waals surface area contributed by atoms with Gasteiger partial charge >= 0.3 is 376 Å². The number of hydrogen-bond acceptors (Lipinski definition) is 3. The summed E-state index contributed by atoms with van der Waals surface area (Å²) in [6.45, 7) is -2.04. The number of alkyl halides is 28. The van der Waals surface area contributed by atoms with E-state index in [0.717, 1.165) is 0 Å². The molecule has 0 amide bonds. The fourth-order valence-corrected chi connectivity index (χ4v) is 42.3. The monoisotopic (exact) mass is 1270 g/mol. The fourth-order valence-electron chi connectivity index (χ4n) is 6.24. The molecule has 0 aromatic carbocycles. The molecule has 0 unspecified atom stereocenters. The first-order chi connectivity index (χ1) is 29.7. The third kappa shape index (κ3) is 17.3. The molecule has 0 atom stereocenters. The van der Waals surface area contributed by atoms with Crippen molar-refractivity contribution in [1.29, 1.82) is 0 Å². The van der Waals surface area contributed by atoms with E-state index in [1.165, 1.54) is 0 Å². The second-order valence-electron chi connectivity index (χ2n) is 15.6. The second kappa shape index (κ2) is 24.0. The minimum absolute atomic E-state index is 0.00851. The van der Waals surface area contributed by atoms with Gasteiger partial charge in [0, 0.05) is 0 Å². The molecule has 0 rings (SSSR count). The van der Waals surface area contributed by atoms with Gasteiger partial charge in [0.15, 0.2) is 0 Å². The molecule has 0 aliphatic carbocycles. The normalized spacial score (nSPS) is 15.5. The Labute approximate surface area is 374 Å². The van der Waals surface area contributed by atoms with Crippen molar-refractivity contribution in [3.05, 3.63) is 0 Å². The first-order valence-corrected chi connectivity index (χ1v) is 30.3. The van der Waals surface area contributed by atoms with Crippen LogP contribution in [0.25, 0.3) is 0 Å². The topological polar surface area (TPSA) is 27.7 Å². The zero-order valence-electron chi connectivity index (χ0n) is 34.9. The van der Waals surface area contributed by atoms with E-state index in [0.29, 0.717) is 25.7 Å². The third-order valence-corrected chi connectivity index (χ3v) is 39.3. The van der Waals surface area contributed by atoms with Crippen LogP contribution >= 0.6 is 0 Å². The quantitative estimate of drug-likeness (QED) is 0.0382. The molecule has 0 saturated carbocycles. The summed E-state index contributed by atoms with van der Waals surface area (Å²) >= 11 is -24.4. The van der Waals surface area contributed by atoms with Crippen molar-refractivity contribution < 1.29 is 130 Å². The van der Waals surface area contributed by atoms with Gasteiger partial charge in [0.05, 0.1) is 0 Å². The Morgan fingerprint density at radius 2 is 0.448 bits per heavy atom. The summed E-state index contributed by atoms with van der Waals surface area (Å²) < 4.78 is 392. The van der Waals surface area contributed by atoms with Gasteiger partial charge in [-0.05, 0) is 0 Å². The van der Waals surface area contributed by atoms with Crippen LogP contribution in [-0.4, -0.2) is 116 Å². The molecular weight excluding hydrogens is 1230 g/mol. The zero-order valence-corrected chi connectivity index (χ0v) is 40.7. The maximum absolute atomic E-state index is 16.5. The van der Waals surface area contributed by atoms with Crippen LogP contribution < -0.4 is 0 Å². The Balaban J connectivity index is 9.43. The van der Waals surface area contributed by atoms with E-state index in [2.05, 4.69) is 7.56 Å². The van der Waals surface area contributed by atoms with Crippen molar-refractivity contribution in [2.45, 2.75) is 194 Å². The third-order valence-electron chi connectivity index (χ3n) is 9.57. The molecule has 0 radical (unpaired) electrons. The molecule has 0 aromatic rings. The molecule has 67 heavy (non-hydrogen) atoms. The van der Waals surface area contributed by atoms with Gasteiger partial charge in [0.1, 0.15) is 0 Å². The Morgan fingerprint density at radius 3 is 0.627 bits per heavy atom. The maximum atomic E-state index is 16.5. The predicted molar refractivity (Wildman–Crippen MR) is 183 cm³/mol. The zero-order chi connectivity index (χ0) is 53.3. The van der Waals surface area contributed by atoms with Crippen molar-refractivity contribution in [1.82, 2.24) is 0 Å². The molecule has 0 aliphatic rings. The van der Waals surface area contributed by atoms with Gasteiger partial charge in [0.25, 0.3) is 0 Å². The van der Waals surface area contributed by atoms with Crippen LogP contribution in [-0.2, 0) is 7.56 Å². The molecule has 3 nitrogen and oxygen atoms in total. The summed E-state index contributed by atoms with van der Waals surface area (Å²) in [5.41, 5.74) is 0. The molecule has 0 saturated heterocycles. The SMILES string of the molecule is CCCCCCCCC[O][Sn]([O][Sn]([O]CCCCCCCCC)([C](F)(F)C(F)(F)CC(F)(F)F)[C](F)(F)C(F)(F)CC(F)(F)F)([C](F)(F)C(F)(F)CC(F)(F)F)[C](F)(F)C(F)(F)CC(F)(F)F. The van der Waals surface area contributed by atoms with E-state index in [9.17, 15) is 52.7 Å². The molecule has 33 heteroatoms. The molecular formula is C34H46F28O3Sn2. The van der Waals surface area contributed by atoms with Crippen LogP contribution in [0.3, 0.4) is 0 Å². The van der Waals surface area contributed by atoms with Crippen molar-refractivity contribution in [2.75, 3.05) is 13.2 Å². The minimum atomic E-state index is -12.2. The summed E-state index contributed by atoms with van der Waals surface area (Å²) in [5.74, 6) is -31.4. The van der Waals surface area contributed by atoms with E-state index in [1.54, 1.807) is 13.8 Å². The Kier molecular flexibility index (Phi) is 23.9. The van der Waals surface area contributed by atoms with Crippen molar-refractivity contribution in [2.24, 2.45) is 0 Å². The van der Waals surface area contributed by atoms with E-state index in [4.69, 9.17) is 0 Å². The summed E-state index contributed by atoms with van der Waals surface area (Å²) in [4.78, 5) is 0. The number of rotatable bonds is 32. The van der Waals surface area contributed by atoms with Crippen LogP contribution in [0.15, 0.2) is 0 Å². The van der Waals surface area contributed by atoms with Crippen molar-refractivity contribution in [3.63, 3.8) is 0 Å². The van der Waals surface area contributed by atoms with Gasteiger partial charge in [-0.3, -0.25) is 0 Å². The summed E-state index contributed by atoms with van der Waals surface area (Å²) in [6, 6.07) is 0. The van der Waals surface area contributed by atoms with Gasteiger partial charge in [-0.1, -0.05) is 0 Å². The molecule has 0 aromatic heterocycles. The van der Waals surface area contributed by atoms with Crippen LogP contribution in [0, 0.1) is 0 Å². The second-order valence-corrected chi connectivity index (χ2v) is 35.9. The van der Waals surface area contributed by atoms with Gasteiger partial charge in [-0.15, -0.1) is 0 Å². The standard InChI is InChI=1S/2C9H19O.4C4H2F7.O.2Sn/c2*1-2-3-4-5-6-7-8-9-10;4*5-2(6)3(7,8)1-4(9,10)11;;;/h2*2-9H2,1H3;4*1H2;;;/q2*-1;;;;;;2*+1. The predicted octanol–water partition coefficient (Wildman–Crippen LogP) is 16.5. The molecule has 0 bridgehead atoms. The van der Waals surface area contributed by atoms with E-state index < -0.39 is 167 Å². The summed E-state index contributed by atoms with van der Waals surface area (Å²) in [7, 11) is 0. The van der Waals surface area contributed by atoms with Gasteiger partial charge < -0.3 is 0 Å². The van der Waals surface area contributed by atoms with Crippen LogP contribution in [0.2, 0.25) is 0 Å². The van der Waals surface area contributed by atoms with Crippen LogP contribution in [0.5, 0.6) is 0 Å². The van der Waals surface area contributed by atoms with Gasteiger partial charge in [-0.2, -0.15) is 0 Å². The van der Waals surface area contributed by atoms with Crippen molar-refractivity contribution in [3.8, 4) is 0 Å². The van der Waals surface area contributed by atoms with Gasteiger partial charge in [-0.25, -0.2) is 0 Å². The first kappa shape index (κ1) is 66.5. The average molecular weight is 1270 g/mol. The van der Waals surface area contributed by atoms with E-state index >= 15 is 70.2 Å². The fraction of sp³-hybridized carbons (Fsp3) is 1.00. The average Bonchev–Trinajstić information content (AvgIpc) is 3.07. The Morgan fingerprint density at radius 1 is 0.269 bits per heavy atom. The Bertz CT molecular complexity index is 1270. The number of hydrogen-bond donors (Lipinski definition) is 0. The summed E-state index contributed by atoms with van der Waals surface area (Å²) in [5, 5.41) is 0. The molecule has 0 heterocycles. The van der Waals surface area contributed by atoms with Crippen molar-refractivity contribution >= 4 is 38.4 Å². The molecule has 0 fully saturated rings.